The molecule has 0 unspecified atom stereocenters. The van der Waals surface area contributed by atoms with Crippen LogP contribution < -0.4 is 11.1 Å². The molecule has 16 heavy (non-hydrogen) atoms. The van der Waals surface area contributed by atoms with Gasteiger partial charge in [-0.3, -0.25) is 0 Å². The van der Waals surface area contributed by atoms with Crippen LogP contribution >= 0.6 is 7.82 Å². The summed E-state index contributed by atoms with van der Waals surface area (Å²) >= 11 is 0. The van der Waals surface area contributed by atoms with Gasteiger partial charge in [-0.2, -0.15) is 5.26 Å². The van der Waals surface area contributed by atoms with E-state index >= 15 is 0 Å². The lowest BCUT2D eigenvalue weighted by molar-refractivity contribution is 0.275. The molecular weight excluding hydrogens is 240 g/mol. The molecule has 1 aromatic carbocycles. The summed E-state index contributed by atoms with van der Waals surface area (Å²) < 4.78 is 21.1. The van der Waals surface area contributed by atoms with E-state index in [9.17, 15) is 4.48 Å². The predicted octanol–water partition coefficient (Wildman–Crippen LogP) is 0.194. The summed E-state index contributed by atoms with van der Waals surface area (Å²) in [5.41, 5.74) is 0.708. The van der Waals surface area contributed by atoms with Crippen LogP contribution in [0.3, 0.4) is 0 Å². The van der Waals surface area contributed by atoms with Gasteiger partial charge in [-0.05, 0) is 24.3 Å². The molecule has 0 aliphatic heterocycles. The average molecular weight is 249 g/mol. The SMILES string of the molecule is N#Cc1ccc(N(N)F)cc1.O=P(O)(O)O. The normalized spacial score (nSPS) is 9.75. The Bertz CT molecular complexity index is 402. The molecule has 88 valence electrons. The van der Waals surface area contributed by atoms with Gasteiger partial charge in [-0.1, -0.05) is 4.48 Å². The second-order valence-corrected chi connectivity index (χ2v) is 3.51. The van der Waals surface area contributed by atoms with E-state index in [4.69, 9.17) is 30.3 Å². The van der Waals surface area contributed by atoms with Gasteiger partial charge in [0.15, 0.2) is 0 Å². The number of rotatable bonds is 1. The number of nitriles is 1. The minimum Gasteiger partial charge on any atom is -0.303 e. The molecule has 0 fully saturated rings. The van der Waals surface area contributed by atoms with Gasteiger partial charge in [0.05, 0.1) is 17.3 Å². The third kappa shape index (κ3) is 7.87. The lowest BCUT2D eigenvalue weighted by atomic mass is 10.2. The Hall–Kier alpha value is -1.49. The molecule has 0 saturated carbocycles. The maximum atomic E-state index is 12.2. The van der Waals surface area contributed by atoms with Crippen molar-refractivity contribution in [3.63, 3.8) is 0 Å². The second-order valence-electron chi connectivity index (χ2n) is 2.48. The number of hydrogen-bond donors (Lipinski definition) is 4. The molecular formula is C7H9FN3O4P. The molecule has 7 nitrogen and oxygen atoms in total. The highest BCUT2D eigenvalue weighted by Gasteiger charge is 2.00. The average Bonchev–Trinajstić information content (AvgIpc) is 2.15. The number of nitrogens with two attached hydrogens (primary N) is 1. The first-order valence-corrected chi connectivity index (χ1v) is 5.29. The van der Waals surface area contributed by atoms with Gasteiger partial charge in [0.2, 0.25) is 0 Å². The van der Waals surface area contributed by atoms with Crippen LogP contribution in [-0.2, 0) is 4.57 Å². The Morgan fingerprint density at radius 3 is 1.94 bits per heavy atom. The minimum atomic E-state index is -4.64. The van der Waals surface area contributed by atoms with Crippen molar-refractivity contribution in [2.75, 3.05) is 5.23 Å². The zero-order valence-electron chi connectivity index (χ0n) is 7.86. The quantitative estimate of drug-likeness (QED) is 0.242. The standard InChI is InChI=1S/C7H6FN3.H3O4P/c8-11(10)7-3-1-6(5-9)2-4-7;1-5(2,3)4/h1-4H,10H2;(H3,1,2,3,4). The van der Waals surface area contributed by atoms with Gasteiger partial charge in [0.25, 0.3) is 0 Å². The predicted molar refractivity (Wildman–Crippen MR) is 53.2 cm³/mol. The summed E-state index contributed by atoms with van der Waals surface area (Å²) in [6.07, 6.45) is 0. The molecule has 1 aromatic rings. The monoisotopic (exact) mass is 249 g/mol. The van der Waals surface area contributed by atoms with E-state index < -0.39 is 7.82 Å². The van der Waals surface area contributed by atoms with Crippen LogP contribution in [0.2, 0.25) is 0 Å². The second kappa shape index (κ2) is 6.17. The summed E-state index contributed by atoms with van der Waals surface area (Å²) in [4.78, 5) is 21.6. The molecule has 0 heterocycles. The fourth-order valence-corrected chi connectivity index (χ4v) is 0.678. The zero-order valence-corrected chi connectivity index (χ0v) is 8.75. The molecule has 0 amide bonds. The fourth-order valence-electron chi connectivity index (χ4n) is 0.678. The van der Waals surface area contributed by atoms with Crippen molar-refractivity contribution in [1.82, 2.24) is 0 Å². The number of anilines is 1. The fraction of sp³-hybridized carbons (Fsp3) is 0. The third-order valence-corrected chi connectivity index (χ3v) is 1.24. The van der Waals surface area contributed by atoms with Gasteiger partial charge in [-0.15, -0.1) is 5.23 Å². The zero-order chi connectivity index (χ0) is 12.8. The third-order valence-electron chi connectivity index (χ3n) is 1.24. The van der Waals surface area contributed by atoms with Gasteiger partial charge in [0, 0.05) is 0 Å². The number of hydrazine groups is 1. The molecule has 0 spiro atoms. The topological polar surface area (TPSA) is 131 Å². The molecule has 0 aromatic heterocycles. The summed E-state index contributed by atoms with van der Waals surface area (Å²) in [5.74, 6) is 4.79. The van der Waals surface area contributed by atoms with Crippen molar-refractivity contribution in [3.8, 4) is 6.07 Å². The maximum absolute atomic E-state index is 12.2. The van der Waals surface area contributed by atoms with Crippen LogP contribution in [0.1, 0.15) is 5.56 Å². The van der Waals surface area contributed by atoms with Gasteiger partial charge in [0.1, 0.15) is 0 Å². The maximum Gasteiger partial charge on any atom is 0.466 e. The molecule has 0 aliphatic carbocycles. The molecule has 0 saturated heterocycles. The minimum absolute atomic E-state index is 0.00115. The van der Waals surface area contributed by atoms with Crippen molar-refractivity contribution in [2.45, 2.75) is 0 Å². The van der Waals surface area contributed by atoms with Crippen molar-refractivity contribution < 1.29 is 23.7 Å². The Morgan fingerprint density at radius 1 is 1.31 bits per heavy atom. The molecule has 0 bridgehead atoms. The number of phosphoric acid groups is 1. The van der Waals surface area contributed by atoms with Gasteiger partial charge < -0.3 is 14.7 Å². The Balaban J connectivity index is 0.000000385. The van der Waals surface area contributed by atoms with E-state index in [1.807, 2.05) is 6.07 Å². The first-order valence-electron chi connectivity index (χ1n) is 3.73. The highest BCUT2D eigenvalue weighted by Crippen LogP contribution is 2.25. The Kier molecular flexibility index (Phi) is 5.60. The van der Waals surface area contributed by atoms with Crippen molar-refractivity contribution in [1.29, 1.82) is 5.26 Å². The van der Waals surface area contributed by atoms with Crippen LogP contribution in [0.15, 0.2) is 24.3 Å². The highest BCUT2D eigenvalue weighted by atomic mass is 31.2. The highest BCUT2D eigenvalue weighted by molar-refractivity contribution is 7.45. The Labute approximate surface area is 90.3 Å². The smallest absolute Gasteiger partial charge is 0.303 e. The summed E-state index contributed by atoms with van der Waals surface area (Å²) in [5, 5.41) is 8.38. The largest absolute Gasteiger partial charge is 0.466 e. The van der Waals surface area contributed by atoms with E-state index in [-0.39, 0.29) is 10.9 Å². The van der Waals surface area contributed by atoms with Crippen molar-refractivity contribution in [3.05, 3.63) is 29.8 Å². The van der Waals surface area contributed by atoms with Gasteiger partial charge in [-0.25, -0.2) is 10.4 Å². The van der Waals surface area contributed by atoms with E-state index in [1.54, 1.807) is 0 Å². The summed E-state index contributed by atoms with van der Waals surface area (Å²) in [7, 11) is -4.64. The molecule has 0 radical (unpaired) electrons. The van der Waals surface area contributed by atoms with Crippen LogP contribution in [0.4, 0.5) is 10.2 Å². The number of halogens is 1. The Morgan fingerprint density at radius 2 is 1.69 bits per heavy atom. The van der Waals surface area contributed by atoms with Crippen LogP contribution in [0, 0.1) is 11.3 Å². The van der Waals surface area contributed by atoms with Crippen molar-refractivity contribution >= 4 is 13.5 Å². The first-order chi connectivity index (χ1) is 7.24. The number of nitrogens with zero attached hydrogens (tertiary/aromatic N) is 2. The number of benzene rings is 1. The van der Waals surface area contributed by atoms with E-state index in [1.165, 1.54) is 24.3 Å². The molecule has 0 aliphatic rings. The lowest BCUT2D eigenvalue weighted by Crippen LogP contribution is -2.19. The van der Waals surface area contributed by atoms with E-state index in [0.717, 1.165) is 0 Å². The van der Waals surface area contributed by atoms with Crippen LogP contribution in [0.5, 0.6) is 0 Å². The van der Waals surface area contributed by atoms with Crippen LogP contribution in [-0.4, -0.2) is 14.7 Å². The summed E-state index contributed by atoms with van der Waals surface area (Å²) in [6.45, 7) is 0. The molecule has 5 N–H and O–H groups in total. The van der Waals surface area contributed by atoms with Crippen LogP contribution in [0.25, 0.3) is 0 Å². The summed E-state index contributed by atoms with van der Waals surface area (Å²) in [6, 6.07) is 7.76. The van der Waals surface area contributed by atoms with E-state index in [0.29, 0.717) is 5.56 Å². The number of hydrogen-bond acceptors (Lipinski definition) is 4. The molecule has 0 atom stereocenters. The lowest BCUT2D eigenvalue weighted by Gasteiger charge is -2.04. The van der Waals surface area contributed by atoms with Gasteiger partial charge >= 0.3 is 7.82 Å². The molecule has 1 rings (SSSR count). The van der Waals surface area contributed by atoms with E-state index in [2.05, 4.69) is 0 Å². The van der Waals surface area contributed by atoms with Crippen molar-refractivity contribution in [2.24, 2.45) is 5.84 Å². The molecule has 9 heteroatoms. The first kappa shape index (κ1) is 14.5.